The number of nitrogens with two attached hydrogens (primary N) is 3. The van der Waals surface area contributed by atoms with E-state index < -0.39 is 6.04 Å². The highest BCUT2D eigenvalue weighted by Crippen LogP contribution is 2.18. The van der Waals surface area contributed by atoms with Gasteiger partial charge in [-0.05, 0) is 31.4 Å². The van der Waals surface area contributed by atoms with Gasteiger partial charge in [-0.2, -0.15) is 0 Å². The van der Waals surface area contributed by atoms with Crippen LogP contribution in [0.15, 0.2) is 34.6 Å². The largest absolute Gasteiger partial charge is 0.370 e. The molecule has 0 aliphatic rings. The number of anilines is 2. The first-order chi connectivity index (χ1) is 14.7. The van der Waals surface area contributed by atoms with E-state index in [1.54, 1.807) is 29.6 Å². The van der Waals surface area contributed by atoms with Gasteiger partial charge >= 0.3 is 0 Å². The number of ketones is 1. The summed E-state index contributed by atoms with van der Waals surface area (Å²) in [7, 11) is 0. The van der Waals surface area contributed by atoms with E-state index in [0.717, 1.165) is 6.42 Å². The first-order valence-electron chi connectivity index (χ1n) is 9.71. The third-order valence-electron chi connectivity index (χ3n) is 4.18. The molecule has 8 N–H and O–H groups in total. The maximum Gasteiger partial charge on any atom is 0.241 e. The summed E-state index contributed by atoms with van der Waals surface area (Å²) in [6, 6.07) is 5.97. The molecule has 1 heterocycles. The zero-order valence-electron chi connectivity index (χ0n) is 17.3. The minimum Gasteiger partial charge on any atom is -0.370 e. The van der Waals surface area contributed by atoms with Gasteiger partial charge in [-0.25, -0.2) is 4.98 Å². The van der Waals surface area contributed by atoms with Gasteiger partial charge in [0.05, 0.1) is 18.2 Å². The van der Waals surface area contributed by atoms with Crippen molar-refractivity contribution in [2.24, 2.45) is 22.2 Å². The Labute approximate surface area is 184 Å². The normalized spacial score (nSPS) is 11.4. The van der Waals surface area contributed by atoms with Crippen molar-refractivity contribution < 1.29 is 14.4 Å². The van der Waals surface area contributed by atoms with Crippen LogP contribution in [0.5, 0.6) is 0 Å². The molecule has 0 bridgehead atoms. The summed E-state index contributed by atoms with van der Waals surface area (Å²) < 4.78 is 0. The van der Waals surface area contributed by atoms with Gasteiger partial charge in [-0.15, -0.1) is 11.3 Å². The van der Waals surface area contributed by atoms with E-state index in [0.29, 0.717) is 41.5 Å². The van der Waals surface area contributed by atoms with Crippen LogP contribution in [0, 0.1) is 0 Å². The number of Topliss-reactive ketones (excluding diaryl/α,β-unsaturated/α-hetero) is 1. The highest BCUT2D eigenvalue weighted by molar-refractivity contribution is 7.13. The number of thiazole rings is 1. The molecule has 2 amide bonds. The molecular weight excluding hydrogens is 418 g/mol. The number of guanidine groups is 1. The van der Waals surface area contributed by atoms with Gasteiger partial charge in [0, 0.05) is 30.1 Å². The van der Waals surface area contributed by atoms with Crippen LogP contribution < -0.4 is 27.8 Å². The van der Waals surface area contributed by atoms with Crippen molar-refractivity contribution in [3.8, 4) is 0 Å². The summed E-state index contributed by atoms with van der Waals surface area (Å²) in [4.78, 5) is 44.1. The molecule has 2 rings (SSSR count). The van der Waals surface area contributed by atoms with Gasteiger partial charge in [0.1, 0.15) is 0 Å². The monoisotopic (exact) mass is 445 g/mol. The van der Waals surface area contributed by atoms with Crippen molar-refractivity contribution in [2.45, 2.75) is 38.6 Å². The first-order valence-corrected chi connectivity index (χ1v) is 10.6. The van der Waals surface area contributed by atoms with E-state index in [1.807, 2.05) is 0 Å². The fourth-order valence-corrected chi connectivity index (χ4v) is 3.44. The summed E-state index contributed by atoms with van der Waals surface area (Å²) in [5, 5.41) is 7.50. The third kappa shape index (κ3) is 8.52. The number of benzene rings is 1. The number of aromatic nitrogens is 1. The summed E-state index contributed by atoms with van der Waals surface area (Å²) in [6.07, 6.45) is 2.01. The number of unbranched alkanes of at least 4 members (excludes halogenated alkanes) is 1. The van der Waals surface area contributed by atoms with Gasteiger partial charge in [0.15, 0.2) is 16.9 Å². The van der Waals surface area contributed by atoms with E-state index in [1.165, 1.54) is 18.3 Å². The van der Waals surface area contributed by atoms with Crippen LogP contribution in [0.1, 0.15) is 42.2 Å². The van der Waals surface area contributed by atoms with E-state index in [-0.39, 0.29) is 30.0 Å². The highest BCUT2D eigenvalue weighted by Gasteiger charge is 2.15. The van der Waals surface area contributed by atoms with Crippen molar-refractivity contribution in [1.82, 2.24) is 4.98 Å². The SMILES string of the molecule is CC(=O)Nc1nc(CC(=O)c2cccc(NC(=O)[C@@H](N)CCCCN=C(N)N)c2)cs1. The van der Waals surface area contributed by atoms with Gasteiger partial charge < -0.3 is 27.8 Å². The molecule has 0 aliphatic heterocycles. The number of amides is 2. The zero-order valence-corrected chi connectivity index (χ0v) is 18.1. The fourth-order valence-electron chi connectivity index (χ4n) is 2.68. The fraction of sp³-hybridized carbons (Fsp3) is 0.350. The summed E-state index contributed by atoms with van der Waals surface area (Å²) in [5.41, 5.74) is 18.0. The molecule has 11 heteroatoms. The number of carbonyl (C=O) groups is 3. The van der Waals surface area contributed by atoms with Gasteiger partial charge in [-0.3, -0.25) is 19.4 Å². The number of hydrogen-bond donors (Lipinski definition) is 5. The van der Waals surface area contributed by atoms with Crippen LogP contribution in [0.3, 0.4) is 0 Å². The Morgan fingerprint density at radius 2 is 1.97 bits per heavy atom. The Bertz CT molecular complexity index is 954. The van der Waals surface area contributed by atoms with Crippen molar-refractivity contribution in [1.29, 1.82) is 0 Å². The Morgan fingerprint density at radius 3 is 2.68 bits per heavy atom. The molecule has 10 nitrogen and oxygen atoms in total. The molecule has 1 atom stereocenters. The molecule has 1 aromatic carbocycles. The quantitative estimate of drug-likeness (QED) is 0.149. The number of nitrogens with zero attached hydrogens (tertiary/aromatic N) is 2. The lowest BCUT2D eigenvalue weighted by Crippen LogP contribution is -2.35. The van der Waals surface area contributed by atoms with Crippen molar-refractivity contribution >= 4 is 45.7 Å². The van der Waals surface area contributed by atoms with Crippen molar-refractivity contribution in [2.75, 3.05) is 17.2 Å². The predicted octanol–water partition coefficient (Wildman–Crippen LogP) is 1.24. The summed E-state index contributed by atoms with van der Waals surface area (Å²) in [6.45, 7) is 1.89. The number of hydrogen-bond acceptors (Lipinski definition) is 7. The second-order valence-electron chi connectivity index (χ2n) is 6.90. The Balaban J connectivity index is 1.88. The molecule has 0 unspecified atom stereocenters. The Kier molecular flexibility index (Phi) is 9.10. The molecule has 0 saturated heterocycles. The summed E-state index contributed by atoms with van der Waals surface area (Å²) in [5.74, 6) is -0.659. The first kappa shape index (κ1) is 24.0. The molecule has 0 aliphatic carbocycles. The molecule has 166 valence electrons. The van der Waals surface area contributed by atoms with Crippen LogP contribution >= 0.6 is 11.3 Å². The second-order valence-corrected chi connectivity index (χ2v) is 7.76. The predicted molar refractivity (Wildman–Crippen MR) is 122 cm³/mol. The lowest BCUT2D eigenvalue weighted by molar-refractivity contribution is -0.117. The zero-order chi connectivity index (χ0) is 22.8. The van der Waals surface area contributed by atoms with Crippen LogP contribution in [0.4, 0.5) is 10.8 Å². The third-order valence-corrected chi connectivity index (χ3v) is 4.99. The van der Waals surface area contributed by atoms with Crippen LogP contribution in [-0.2, 0) is 16.0 Å². The average Bonchev–Trinajstić information content (AvgIpc) is 3.13. The minimum atomic E-state index is -0.680. The van der Waals surface area contributed by atoms with E-state index in [2.05, 4.69) is 20.6 Å². The van der Waals surface area contributed by atoms with Crippen molar-refractivity contribution in [3.05, 3.63) is 40.9 Å². The number of aliphatic imine (C=N–C) groups is 1. The van der Waals surface area contributed by atoms with E-state index >= 15 is 0 Å². The summed E-state index contributed by atoms with van der Waals surface area (Å²) >= 11 is 1.25. The van der Waals surface area contributed by atoms with Gasteiger partial charge in [0.25, 0.3) is 0 Å². The number of nitrogens with one attached hydrogen (secondary N) is 2. The number of carbonyl (C=O) groups excluding carboxylic acids is 3. The molecule has 0 radical (unpaired) electrons. The molecule has 0 fully saturated rings. The maximum atomic E-state index is 12.6. The van der Waals surface area contributed by atoms with Crippen molar-refractivity contribution in [3.63, 3.8) is 0 Å². The van der Waals surface area contributed by atoms with E-state index in [4.69, 9.17) is 17.2 Å². The van der Waals surface area contributed by atoms with Crippen LogP contribution in [0.2, 0.25) is 0 Å². The molecule has 31 heavy (non-hydrogen) atoms. The molecular formula is C20H27N7O3S. The molecule has 2 aromatic rings. The Morgan fingerprint density at radius 1 is 1.19 bits per heavy atom. The lowest BCUT2D eigenvalue weighted by atomic mass is 10.1. The van der Waals surface area contributed by atoms with Crippen LogP contribution in [-0.4, -0.2) is 41.1 Å². The second kappa shape index (κ2) is 11.8. The van der Waals surface area contributed by atoms with Gasteiger partial charge in [-0.1, -0.05) is 12.1 Å². The van der Waals surface area contributed by atoms with Crippen LogP contribution in [0.25, 0.3) is 0 Å². The number of rotatable bonds is 11. The lowest BCUT2D eigenvalue weighted by Gasteiger charge is -2.12. The topological polar surface area (TPSA) is 179 Å². The molecule has 0 saturated carbocycles. The Hall–Kier alpha value is -3.31. The van der Waals surface area contributed by atoms with Gasteiger partial charge in [0.2, 0.25) is 11.8 Å². The molecule has 0 spiro atoms. The standard InChI is InChI=1S/C20H27N7O3S/c1-12(28)25-20-27-15(11-31-20)10-17(29)13-5-4-6-14(9-13)26-18(30)16(21)7-2-3-8-24-19(22)23/h4-6,9,11,16H,2-3,7-8,10,21H2,1H3,(H,26,30)(H4,22,23,24)(H,25,27,28)/t16-/m0/s1. The molecule has 1 aromatic heterocycles. The van der Waals surface area contributed by atoms with E-state index in [9.17, 15) is 14.4 Å². The maximum absolute atomic E-state index is 12.6. The smallest absolute Gasteiger partial charge is 0.241 e. The average molecular weight is 446 g/mol. The minimum absolute atomic E-state index is 0.0411. The highest BCUT2D eigenvalue weighted by atomic mass is 32.1.